The molecule has 21 heavy (non-hydrogen) atoms. The van der Waals surface area contributed by atoms with Gasteiger partial charge in [-0.1, -0.05) is 58.0 Å². The smallest absolute Gasteiger partial charge is 0.133 e. The first-order chi connectivity index (χ1) is 9.78. The van der Waals surface area contributed by atoms with E-state index in [2.05, 4.69) is 39.8 Å². The molecule has 0 unspecified atom stereocenters. The molecule has 1 aromatic rings. The molecule has 0 amide bonds. The summed E-state index contributed by atoms with van der Waals surface area (Å²) in [5.41, 5.74) is 1.31. The predicted molar refractivity (Wildman–Crippen MR) is 88.4 cm³/mol. The van der Waals surface area contributed by atoms with Crippen LogP contribution in [0.1, 0.15) is 52.5 Å². The summed E-state index contributed by atoms with van der Waals surface area (Å²) in [6.45, 7) is 9.60. The molecule has 0 aliphatic heterocycles. The van der Waals surface area contributed by atoms with E-state index in [1.54, 1.807) is 7.11 Å². The highest BCUT2D eigenvalue weighted by Gasteiger charge is 2.37. The number of benzene rings is 1. The van der Waals surface area contributed by atoms with Gasteiger partial charge in [-0.25, -0.2) is 0 Å². The fourth-order valence-corrected chi connectivity index (χ4v) is 2.44. The summed E-state index contributed by atoms with van der Waals surface area (Å²) in [7, 11) is 1.73. The Kier molecular flexibility index (Phi) is 6.60. The van der Waals surface area contributed by atoms with Crippen LogP contribution >= 0.6 is 0 Å². The van der Waals surface area contributed by atoms with Gasteiger partial charge in [-0.3, -0.25) is 4.79 Å². The van der Waals surface area contributed by atoms with Crippen LogP contribution in [0.2, 0.25) is 0 Å². The van der Waals surface area contributed by atoms with Crippen molar-refractivity contribution >= 4 is 5.78 Å². The van der Waals surface area contributed by atoms with Crippen LogP contribution in [0.4, 0.5) is 0 Å². The summed E-state index contributed by atoms with van der Waals surface area (Å²) in [5.74, 6) is 0.356. The van der Waals surface area contributed by atoms with Gasteiger partial charge >= 0.3 is 0 Å². The minimum Gasteiger partial charge on any atom is -0.385 e. The van der Waals surface area contributed by atoms with E-state index in [1.165, 1.54) is 5.56 Å². The zero-order valence-electron chi connectivity index (χ0n) is 14.2. The highest BCUT2D eigenvalue weighted by atomic mass is 16.5. The van der Waals surface area contributed by atoms with E-state index >= 15 is 0 Å². The summed E-state index contributed by atoms with van der Waals surface area (Å²) in [5, 5.41) is 0. The number of methoxy groups -OCH3 is 1. The fraction of sp³-hybridized carbons (Fsp3) is 0.632. The Labute approximate surface area is 129 Å². The molecular weight excluding hydrogens is 260 g/mol. The molecule has 0 fully saturated rings. The predicted octanol–water partition coefficient (Wildman–Crippen LogP) is 4.67. The van der Waals surface area contributed by atoms with E-state index in [0.717, 1.165) is 19.4 Å². The van der Waals surface area contributed by atoms with Crippen LogP contribution in [0.3, 0.4) is 0 Å². The van der Waals surface area contributed by atoms with Crippen LogP contribution in [0, 0.1) is 10.8 Å². The summed E-state index contributed by atoms with van der Waals surface area (Å²) in [6.07, 6.45) is 3.08. The standard InChI is InChI=1S/C19H30O2/c1-18(2,13-14-21-5)19(3,4)15-17(20)12-11-16-9-7-6-8-10-16/h6-10H,11-15H2,1-5H3. The minimum atomic E-state index is -0.0146. The van der Waals surface area contributed by atoms with Crippen molar-refractivity contribution < 1.29 is 9.53 Å². The van der Waals surface area contributed by atoms with Gasteiger partial charge in [0.2, 0.25) is 0 Å². The Morgan fingerprint density at radius 1 is 1.05 bits per heavy atom. The zero-order chi connectivity index (χ0) is 15.9. The molecule has 0 aliphatic rings. The van der Waals surface area contributed by atoms with Crippen LogP contribution in [0.25, 0.3) is 0 Å². The molecule has 0 bridgehead atoms. The third-order valence-electron chi connectivity index (χ3n) is 4.94. The molecule has 0 saturated heterocycles. The second-order valence-corrected chi connectivity index (χ2v) is 7.21. The average molecular weight is 290 g/mol. The van der Waals surface area contributed by atoms with E-state index in [1.807, 2.05) is 18.2 Å². The highest BCUT2D eigenvalue weighted by molar-refractivity contribution is 5.79. The number of Topliss-reactive ketones (excluding diaryl/α,β-unsaturated/α-hetero) is 1. The molecule has 2 nitrogen and oxygen atoms in total. The van der Waals surface area contributed by atoms with Gasteiger partial charge in [0.1, 0.15) is 5.78 Å². The van der Waals surface area contributed by atoms with Gasteiger partial charge in [-0.2, -0.15) is 0 Å². The van der Waals surface area contributed by atoms with Gasteiger partial charge < -0.3 is 4.74 Å². The fourth-order valence-electron chi connectivity index (χ4n) is 2.44. The Hall–Kier alpha value is -1.15. The van der Waals surface area contributed by atoms with Crippen molar-refractivity contribution in [2.45, 2.75) is 53.4 Å². The van der Waals surface area contributed by atoms with Crippen LogP contribution in [0.5, 0.6) is 0 Å². The van der Waals surface area contributed by atoms with Crippen molar-refractivity contribution in [1.29, 1.82) is 0 Å². The first-order valence-electron chi connectivity index (χ1n) is 7.83. The Balaban J connectivity index is 2.52. The average Bonchev–Trinajstić information content (AvgIpc) is 2.43. The first kappa shape index (κ1) is 17.9. The summed E-state index contributed by atoms with van der Waals surface area (Å²) < 4.78 is 5.20. The van der Waals surface area contributed by atoms with E-state index in [0.29, 0.717) is 18.6 Å². The molecule has 118 valence electrons. The summed E-state index contributed by atoms with van der Waals surface area (Å²) in [4.78, 5) is 12.3. The zero-order valence-corrected chi connectivity index (χ0v) is 14.2. The number of carbonyl (C=O) groups is 1. The number of carbonyl (C=O) groups excluding carboxylic acids is 1. The molecule has 0 aliphatic carbocycles. The number of rotatable bonds is 9. The number of hydrogen-bond donors (Lipinski definition) is 0. The van der Waals surface area contributed by atoms with Crippen LogP contribution in [-0.4, -0.2) is 19.5 Å². The Bertz CT molecular complexity index is 432. The molecule has 0 N–H and O–H groups in total. The molecule has 2 heteroatoms. The van der Waals surface area contributed by atoms with Gasteiger partial charge in [0.05, 0.1) is 0 Å². The SMILES string of the molecule is COCCC(C)(C)C(C)(C)CC(=O)CCc1ccccc1. The number of ketones is 1. The number of hydrogen-bond acceptors (Lipinski definition) is 2. The molecule has 0 aromatic heterocycles. The quantitative estimate of drug-likeness (QED) is 0.660. The molecule has 0 heterocycles. The van der Waals surface area contributed by atoms with Crippen molar-refractivity contribution in [3.8, 4) is 0 Å². The minimum absolute atomic E-state index is 0.0146. The van der Waals surface area contributed by atoms with Gasteiger partial charge in [-0.05, 0) is 29.2 Å². The molecular formula is C19H30O2. The first-order valence-corrected chi connectivity index (χ1v) is 7.83. The summed E-state index contributed by atoms with van der Waals surface area (Å²) in [6, 6.07) is 10.2. The van der Waals surface area contributed by atoms with Crippen molar-refractivity contribution in [3.63, 3.8) is 0 Å². The van der Waals surface area contributed by atoms with Gasteiger partial charge in [0.15, 0.2) is 0 Å². The summed E-state index contributed by atoms with van der Waals surface area (Å²) >= 11 is 0. The maximum atomic E-state index is 12.3. The van der Waals surface area contributed by atoms with Crippen LogP contribution in [0.15, 0.2) is 30.3 Å². The van der Waals surface area contributed by atoms with E-state index in [4.69, 9.17) is 4.74 Å². The van der Waals surface area contributed by atoms with Crippen molar-refractivity contribution in [1.82, 2.24) is 0 Å². The van der Waals surface area contributed by atoms with Crippen molar-refractivity contribution in [2.24, 2.45) is 10.8 Å². The molecule has 0 radical (unpaired) electrons. The van der Waals surface area contributed by atoms with Crippen LogP contribution in [-0.2, 0) is 16.0 Å². The Morgan fingerprint density at radius 3 is 2.24 bits per heavy atom. The maximum Gasteiger partial charge on any atom is 0.133 e. The normalized spacial score (nSPS) is 12.4. The lowest BCUT2D eigenvalue weighted by atomic mass is 9.63. The highest BCUT2D eigenvalue weighted by Crippen LogP contribution is 2.44. The van der Waals surface area contributed by atoms with E-state index in [-0.39, 0.29) is 10.8 Å². The lowest BCUT2D eigenvalue weighted by Gasteiger charge is -2.41. The van der Waals surface area contributed by atoms with Gasteiger partial charge in [0, 0.05) is 26.6 Å². The number of ether oxygens (including phenoxy) is 1. The Morgan fingerprint density at radius 2 is 1.67 bits per heavy atom. The topological polar surface area (TPSA) is 26.3 Å². The molecule has 1 aromatic carbocycles. The van der Waals surface area contributed by atoms with E-state index < -0.39 is 0 Å². The molecule has 0 saturated carbocycles. The monoisotopic (exact) mass is 290 g/mol. The van der Waals surface area contributed by atoms with Crippen molar-refractivity contribution in [3.05, 3.63) is 35.9 Å². The maximum absolute atomic E-state index is 12.3. The van der Waals surface area contributed by atoms with Gasteiger partial charge in [-0.15, -0.1) is 0 Å². The second-order valence-electron chi connectivity index (χ2n) is 7.21. The number of aryl methyl sites for hydroxylation is 1. The lowest BCUT2D eigenvalue weighted by Crippen LogP contribution is -2.35. The van der Waals surface area contributed by atoms with Gasteiger partial charge in [0.25, 0.3) is 0 Å². The van der Waals surface area contributed by atoms with E-state index in [9.17, 15) is 4.79 Å². The van der Waals surface area contributed by atoms with Crippen molar-refractivity contribution in [2.75, 3.05) is 13.7 Å². The largest absolute Gasteiger partial charge is 0.385 e. The lowest BCUT2D eigenvalue weighted by molar-refractivity contribution is -0.123. The molecule has 0 atom stereocenters. The third-order valence-corrected chi connectivity index (χ3v) is 4.94. The molecule has 0 spiro atoms. The second kappa shape index (κ2) is 7.74. The van der Waals surface area contributed by atoms with Crippen LogP contribution < -0.4 is 0 Å². The third kappa shape index (κ3) is 5.62. The molecule has 1 rings (SSSR count).